The van der Waals surface area contributed by atoms with E-state index in [9.17, 15) is 9.18 Å². The second-order valence-corrected chi connectivity index (χ2v) is 8.18. The second kappa shape index (κ2) is 11.4. The van der Waals surface area contributed by atoms with Gasteiger partial charge in [0.25, 0.3) is 0 Å². The molecule has 0 aliphatic heterocycles. The van der Waals surface area contributed by atoms with Gasteiger partial charge in [-0.3, -0.25) is 9.78 Å². The van der Waals surface area contributed by atoms with Crippen LogP contribution in [0.2, 0.25) is 0 Å². The lowest BCUT2D eigenvalue weighted by Crippen LogP contribution is -2.07. The van der Waals surface area contributed by atoms with Crippen LogP contribution in [0.1, 0.15) is 38.4 Å². The summed E-state index contributed by atoms with van der Waals surface area (Å²) >= 11 is 0. The quantitative estimate of drug-likeness (QED) is 0.367. The third kappa shape index (κ3) is 6.91. The number of rotatable bonds is 11. The Morgan fingerprint density at radius 3 is 2.59 bits per heavy atom. The zero-order chi connectivity index (χ0) is 22.9. The number of benzene rings is 2. The molecular formula is C27H30FNO3. The molecule has 0 N–H and O–H groups in total. The topological polar surface area (TPSA) is 48.4 Å². The number of hydrogen-bond donors (Lipinski definition) is 0. The average molecular weight is 436 g/mol. The number of ether oxygens (including phenoxy) is 2. The van der Waals surface area contributed by atoms with E-state index < -0.39 is 0 Å². The van der Waals surface area contributed by atoms with Crippen molar-refractivity contribution in [2.75, 3.05) is 13.2 Å². The summed E-state index contributed by atoms with van der Waals surface area (Å²) in [6.07, 6.45) is 2.81. The summed E-state index contributed by atoms with van der Waals surface area (Å²) in [5, 5.41) is 0. The predicted octanol–water partition coefficient (Wildman–Crippen LogP) is 6.07. The molecule has 0 radical (unpaired) electrons. The van der Waals surface area contributed by atoms with Crippen LogP contribution in [0.3, 0.4) is 0 Å². The maximum Gasteiger partial charge on any atom is 0.139 e. The predicted molar refractivity (Wildman–Crippen MR) is 125 cm³/mol. The van der Waals surface area contributed by atoms with E-state index >= 15 is 0 Å². The number of pyridine rings is 1. The van der Waals surface area contributed by atoms with Crippen LogP contribution in [0, 0.1) is 11.7 Å². The largest absolute Gasteiger partial charge is 0.493 e. The van der Waals surface area contributed by atoms with E-state index in [-0.39, 0.29) is 18.0 Å². The van der Waals surface area contributed by atoms with E-state index in [1.54, 1.807) is 6.20 Å². The highest BCUT2D eigenvalue weighted by Crippen LogP contribution is 2.29. The zero-order valence-electron chi connectivity index (χ0n) is 18.9. The van der Waals surface area contributed by atoms with Crippen LogP contribution in [0.5, 0.6) is 11.5 Å². The van der Waals surface area contributed by atoms with Crippen LogP contribution < -0.4 is 9.47 Å². The third-order valence-electron chi connectivity index (χ3n) is 4.91. The zero-order valence-corrected chi connectivity index (χ0v) is 18.9. The van der Waals surface area contributed by atoms with Crippen molar-refractivity contribution in [3.8, 4) is 22.6 Å². The number of carbonyl (C=O) groups is 1. The number of carbonyl (C=O) groups excluding carboxylic acids is 1. The molecule has 0 saturated carbocycles. The fourth-order valence-electron chi connectivity index (χ4n) is 3.36. The van der Waals surface area contributed by atoms with Crippen molar-refractivity contribution in [3.63, 3.8) is 0 Å². The van der Waals surface area contributed by atoms with Gasteiger partial charge in [-0.1, -0.05) is 38.1 Å². The van der Waals surface area contributed by atoms with Crippen molar-refractivity contribution in [1.82, 2.24) is 4.98 Å². The standard InChI is InChI=1S/C27H30FNO3/c1-4-31-27-8-6-5-7-26(27)21-10-11-23(29-17-21)16-24(30)12-9-20-13-22(28)15-25(14-20)32-18-19(2)3/h5-8,10-11,13-15,17,19H,4,9,12,16,18H2,1-3H3. The van der Waals surface area contributed by atoms with E-state index in [4.69, 9.17) is 9.47 Å². The molecule has 32 heavy (non-hydrogen) atoms. The lowest BCUT2D eigenvalue weighted by Gasteiger charge is -2.11. The first kappa shape index (κ1) is 23.5. The summed E-state index contributed by atoms with van der Waals surface area (Å²) in [5.41, 5.74) is 3.39. The van der Waals surface area contributed by atoms with Crippen LogP contribution in [-0.2, 0) is 17.6 Å². The van der Waals surface area contributed by atoms with Crippen LogP contribution in [-0.4, -0.2) is 24.0 Å². The highest BCUT2D eigenvalue weighted by Gasteiger charge is 2.10. The van der Waals surface area contributed by atoms with Crippen LogP contribution in [0.25, 0.3) is 11.1 Å². The summed E-state index contributed by atoms with van der Waals surface area (Å²) in [5.74, 6) is 1.39. The molecule has 0 atom stereocenters. The van der Waals surface area contributed by atoms with Gasteiger partial charge in [0.1, 0.15) is 23.1 Å². The molecule has 0 saturated heterocycles. The average Bonchev–Trinajstić information content (AvgIpc) is 2.77. The maximum atomic E-state index is 13.9. The van der Waals surface area contributed by atoms with Crippen molar-refractivity contribution < 1.29 is 18.7 Å². The van der Waals surface area contributed by atoms with Gasteiger partial charge in [0.05, 0.1) is 13.2 Å². The van der Waals surface area contributed by atoms with Crippen molar-refractivity contribution in [3.05, 3.63) is 77.9 Å². The van der Waals surface area contributed by atoms with E-state index in [2.05, 4.69) is 4.98 Å². The Kier molecular flexibility index (Phi) is 8.37. The molecule has 4 nitrogen and oxygen atoms in total. The van der Waals surface area contributed by atoms with Gasteiger partial charge in [0.2, 0.25) is 0 Å². The van der Waals surface area contributed by atoms with Gasteiger partial charge >= 0.3 is 0 Å². The molecule has 0 unspecified atom stereocenters. The molecule has 0 bridgehead atoms. The Morgan fingerprint density at radius 1 is 1.06 bits per heavy atom. The van der Waals surface area contributed by atoms with Crippen LogP contribution in [0.15, 0.2) is 60.8 Å². The Morgan fingerprint density at radius 2 is 1.88 bits per heavy atom. The minimum absolute atomic E-state index is 0.0638. The molecule has 0 fully saturated rings. The van der Waals surface area contributed by atoms with Crippen LogP contribution >= 0.6 is 0 Å². The molecular weight excluding hydrogens is 405 g/mol. The van der Waals surface area contributed by atoms with Crippen molar-refractivity contribution in [2.45, 2.75) is 40.0 Å². The minimum Gasteiger partial charge on any atom is -0.493 e. The number of halogens is 1. The fourth-order valence-corrected chi connectivity index (χ4v) is 3.36. The Bertz CT molecular complexity index is 1030. The van der Waals surface area contributed by atoms with Crippen molar-refractivity contribution in [1.29, 1.82) is 0 Å². The van der Waals surface area contributed by atoms with Crippen LogP contribution in [0.4, 0.5) is 4.39 Å². The van der Waals surface area contributed by atoms with Gasteiger partial charge in [0, 0.05) is 41.9 Å². The number of aromatic nitrogens is 1. The highest BCUT2D eigenvalue weighted by atomic mass is 19.1. The normalized spacial score (nSPS) is 10.9. The first-order chi connectivity index (χ1) is 15.4. The summed E-state index contributed by atoms with van der Waals surface area (Å²) < 4.78 is 25.2. The molecule has 0 amide bonds. The van der Waals surface area contributed by atoms with E-state index in [1.807, 2.05) is 63.2 Å². The Balaban J connectivity index is 1.58. The third-order valence-corrected chi connectivity index (χ3v) is 4.91. The van der Waals surface area contributed by atoms with Gasteiger partial charge in [-0.15, -0.1) is 0 Å². The molecule has 3 aromatic rings. The number of hydrogen-bond acceptors (Lipinski definition) is 4. The number of nitrogens with zero attached hydrogens (tertiary/aromatic N) is 1. The molecule has 3 rings (SSSR count). The van der Waals surface area contributed by atoms with Crippen molar-refractivity contribution >= 4 is 5.78 Å². The smallest absolute Gasteiger partial charge is 0.139 e. The summed E-state index contributed by atoms with van der Waals surface area (Å²) in [4.78, 5) is 16.9. The molecule has 168 valence electrons. The maximum absolute atomic E-state index is 13.9. The lowest BCUT2D eigenvalue weighted by atomic mass is 10.0. The van der Waals surface area contributed by atoms with Gasteiger partial charge in [-0.05, 0) is 49.1 Å². The SMILES string of the molecule is CCOc1ccccc1-c1ccc(CC(=O)CCc2cc(F)cc(OCC(C)C)c2)nc1. The first-order valence-corrected chi connectivity index (χ1v) is 11.1. The molecule has 0 spiro atoms. The molecule has 0 aliphatic carbocycles. The van der Waals surface area contributed by atoms with Gasteiger partial charge in [0.15, 0.2) is 0 Å². The number of ketones is 1. The molecule has 0 aliphatic rings. The second-order valence-electron chi connectivity index (χ2n) is 8.18. The molecule has 5 heteroatoms. The van der Waals surface area contributed by atoms with Gasteiger partial charge in [-0.25, -0.2) is 4.39 Å². The van der Waals surface area contributed by atoms with E-state index in [1.165, 1.54) is 12.1 Å². The summed E-state index contributed by atoms with van der Waals surface area (Å²) in [6.45, 7) is 7.15. The number of aryl methyl sites for hydroxylation is 1. The van der Waals surface area contributed by atoms with E-state index in [0.717, 1.165) is 22.4 Å². The minimum atomic E-state index is -0.349. The van der Waals surface area contributed by atoms with E-state index in [0.29, 0.717) is 43.4 Å². The number of Topliss-reactive ketones (excluding diaryl/α,β-unsaturated/α-hetero) is 1. The first-order valence-electron chi connectivity index (χ1n) is 11.1. The summed E-state index contributed by atoms with van der Waals surface area (Å²) in [6, 6.07) is 16.3. The Labute approximate surface area is 189 Å². The van der Waals surface area contributed by atoms with Gasteiger partial charge in [-0.2, -0.15) is 0 Å². The van der Waals surface area contributed by atoms with Crippen molar-refractivity contribution in [2.24, 2.45) is 5.92 Å². The monoisotopic (exact) mass is 435 g/mol. The summed E-state index contributed by atoms with van der Waals surface area (Å²) in [7, 11) is 0. The Hall–Kier alpha value is -3.21. The number of para-hydroxylation sites is 1. The van der Waals surface area contributed by atoms with Gasteiger partial charge < -0.3 is 9.47 Å². The molecule has 1 aromatic heterocycles. The molecule has 1 heterocycles. The fraction of sp³-hybridized carbons (Fsp3) is 0.333. The molecule has 2 aromatic carbocycles. The highest BCUT2D eigenvalue weighted by molar-refractivity contribution is 5.81. The lowest BCUT2D eigenvalue weighted by molar-refractivity contribution is -0.118.